The second-order valence-electron chi connectivity index (χ2n) is 7.02. The molecule has 2 aliphatic heterocycles. The molecule has 0 bridgehead atoms. The molecule has 0 aliphatic carbocycles. The number of halogens is 2. The van der Waals surface area contributed by atoms with E-state index in [1.807, 2.05) is 6.07 Å². The molecule has 0 unspecified atom stereocenters. The summed E-state index contributed by atoms with van der Waals surface area (Å²) in [5.74, 6) is -1.37. The second-order valence-corrected chi connectivity index (χ2v) is 8.06. The lowest BCUT2D eigenvalue weighted by atomic mass is 9.75. The number of nitriles is 1. The van der Waals surface area contributed by atoms with Gasteiger partial charge >= 0.3 is 0 Å². The molecule has 1 aromatic carbocycles. The van der Waals surface area contributed by atoms with E-state index in [4.69, 9.17) is 15.7 Å². The van der Waals surface area contributed by atoms with E-state index in [0.717, 1.165) is 0 Å². The van der Waals surface area contributed by atoms with Crippen molar-refractivity contribution in [3.05, 3.63) is 59.2 Å². The van der Waals surface area contributed by atoms with Gasteiger partial charge in [0.25, 0.3) is 5.91 Å². The zero-order valence-corrected chi connectivity index (χ0v) is 16.5. The molecule has 3 atom stereocenters. The van der Waals surface area contributed by atoms with Crippen LogP contribution in [0.5, 0.6) is 0 Å². The Bertz CT molecular complexity index is 1060. The first-order chi connectivity index (χ1) is 14.4. The van der Waals surface area contributed by atoms with Crippen LogP contribution in [0.3, 0.4) is 0 Å². The van der Waals surface area contributed by atoms with E-state index in [9.17, 15) is 13.6 Å². The van der Waals surface area contributed by atoms with Gasteiger partial charge in [-0.1, -0.05) is 11.8 Å². The van der Waals surface area contributed by atoms with Crippen LogP contribution in [0.1, 0.15) is 21.6 Å². The number of nitrogens with one attached hydrogen (secondary N) is 1. The number of carbonyl (C=O) groups excluding carboxylic acids is 1. The fraction of sp³-hybridized carbons (Fsp3) is 0.300. The van der Waals surface area contributed by atoms with E-state index >= 15 is 0 Å². The van der Waals surface area contributed by atoms with Gasteiger partial charge in [-0.2, -0.15) is 5.26 Å². The third-order valence-electron chi connectivity index (χ3n) is 5.19. The lowest BCUT2D eigenvalue weighted by Crippen LogP contribution is -2.53. The van der Waals surface area contributed by atoms with Crippen molar-refractivity contribution in [3.8, 4) is 6.07 Å². The number of amidine groups is 1. The van der Waals surface area contributed by atoms with E-state index in [-0.39, 0.29) is 29.6 Å². The molecule has 4 rings (SSSR count). The maximum atomic E-state index is 14.9. The number of amides is 1. The maximum absolute atomic E-state index is 14.9. The largest absolute Gasteiger partial charge is 0.379 e. The van der Waals surface area contributed by atoms with Gasteiger partial charge in [0.1, 0.15) is 29.3 Å². The van der Waals surface area contributed by atoms with E-state index < -0.39 is 29.4 Å². The molecule has 2 aromatic rings. The topological polar surface area (TPSA) is 113 Å². The highest BCUT2D eigenvalue weighted by atomic mass is 32.2. The number of nitrogens with two attached hydrogens (primary N) is 1. The minimum absolute atomic E-state index is 0.00908. The van der Waals surface area contributed by atoms with E-state index in [2.05, 4.69) is 15.3 Å². The smallest absolute Gasteiger partial charge is 0.274 e. The SMILES string of the molecule is N#Cc1ccc(C(=O)Nc2ccc(F)c([C@]34COC[C@@H](F)[C@H]3CSC(N)=N4)c2)nc1. The molecule has 3 N–H and O–H groups in total. The standard InChI is InChI=1S/C20H17F2N5O2S/c21-15-3-2-12(26-18(28)17-4-1-11(6-23)7-25-17)5-13(15)20-10-29-8-16(22)14(20)9-30-19(24)27-20/h1-5,7,14,16H,8-10H2,(H2,24,27)(H,26,28)/t14-,16-,20-/m1/s1. The molecule has 1 aromatic heterocycles. The molecule has 7 nitrogen and oxygen atoms in total. The highest BCUT2D eigenvalue weighted by Crippen LogP contribution is 2.46. The van der Waals surface area contributed by atoms with E-state index in [1.54, 1.807) is 0 Å². The number of aromatic nitrogens is 1. The number of ether oxygens (including phenoxy) is 1. The molecular weight excluding hydrogens is 412 g/mol. The van der Waals surface area contributed by atoms with E-state index in [1.165, 1.54) is 48.3 Å². The summed E-state index contributed by atoms with van der Waals surface area (Å²) < 4.78 is 34.9. The van der Waals surface area contributed by atoms with Crippen molar-refractivity contribution in [2.75, 3.05) is 24.3 Å². The van der Waals surface area contributed by atoms with E-state index in [0.29, 0.717) is 17.0 Å². The minimum atomic E-state index is -1.32. The number of nitrogens with zero attached hydrogens (tertiary/aromatic N) is 3. The fourth-order valence-electron chi connectivity index (χ4n) is 3.67. The first-order valence-corrected chi connectivity index (χ1v) is 10.1. The van der Waals surface area contributed by atoms with Gasteiger partial charge in [0.05, 0.1) is 18.8 Å². The Morgan fingerprint density at radius 2 is 2.23 bits per heavy atom. The summed E-state index contributed by atoms with van der Waals surface area (Å²) in [7, 11) is 0. The Kier molecular flexibility index (Phi) is 5.40. The lowest BCUT2D eigenvalue weighted by Gasteiger charge is -2.45. The quantitative estimate of drug-likeness (QED) is 0.775. The van der Waals surface area contributed by atoms with Gasteiger partial charge in [0, 0.05) is 29.1 Å². The van der Waals surface area contributed by atoms with Crippen LogP contribution in [0.25, 0.3) is 0 Å². The van der Waals surface area contributed by atoms with Gasteiger partial charge in [-0.25, -0.2) is 18.8 Å². The molecule has 0 spiro atoms. The molecular formula is C20H17F2N5O2S. The molecule has 2 aliphatic rings. The third-order valence-corrected chi connectivity index (χ3v) is 6.10. The molecule has 1 fully saturated rings. The number of carbonyl (C=O) groups is 1. The summed E-state index contributed by atoms with van der Waals surface area (Å²) in [4.78, 5) is 20.8. The predicted molar refractivity (Wildman–Crippen MR) is 108 cm³/mol. The average Bonchev–Trinajstić information content (AvgIpc) is 2.75. The number of benzene rings is 1. The van der Waals surface area contributed by atoms with Gasteiger partial charge in [0.2, 0.25) is 0 Å². The van der Waals surface area contributed by atoms with Gasteiger partial charge in [-0.3, -0.25) is 4.79 Å². The minimum Gasteiger partial charge on any atom is -0.379 e. The van der Waals surface area contributed by atoms with Gasteiger partial charge in [0.15, 0.2) is 5.17 Å². The highest BCUT2D eigenvalue weighted by molar-refractivity contribution is 8.13. The number of alkyl halides is 1. The molecule has 154 valence electrons. The van der Waals surface area contributed by atoms with Gasteiger partial charge < -0.3 is 15.8 Å². The number of fused-ring (bicyclic) bond motifs is 1. The Hall–Kier alpha value is -3.03. The van der Waals surface area contributed by atoms with Crippen molar-refractivity contribution in [1.29, 1.82) is 5.26 Å². The normalized spacial score (nSPS) is 25.6. The highest BCUT2D eigenvalue weighted by Gasteiger charge is 2.51. The van der Waals surface area contributed by atoms with Crippen molar-refractivity contribution in [1.82, 2.24) is 4.98 Å². The van der Waals surface area contributed by atoms with Crippen molar-refractivity contribution in [2.24, 2.45) is 16.6 Å². The summed E-state index contributed by atoms with van der Waals surface area (Å²) in [5, 5.41) is 11.7. The van der Waals surface area contributed by atoms with Crippen LogP contribution in [0.15, 0.2) is 41.5 Å². The maximum Gasteiger partial charge on any atom is 0.274 e. The first kappa shape index (κ1) is 20.3. The molecule has 0 radical (unpaired) electrons. The Balaban J connectivity index is 1.68. The average molecular weight is 429 g/mol. The number of anilines is 1. The number of pyridine rings is 1. The summed E-state index contributed by atoms with van der Waals surface area (Å²) in [5.41, 5.74) is 5.42. The van der Waals surface area contributed by atoms with Crippen molar-refractivity contribution >= 4 is 28.5 Å². The lowest BCUT2D eigenvalue weighted by molar-refractivity contribution is -0.0526. The van der Waals surface area contributed by atoms with Crippen molar-refractivity contribution in [3.63, 3.8) is 0 Å². The Morgan fingerprint density at radius 3 is 2.97 bits per heavy atom. The summed E-state index contributed by atoms with van der Waals surface area (Å²) in [6, 6.07) is 8.83. The number of thioether (sulfide) groups is 1. The summed E-state index contributed by atoms with van der Waals surface area (Å²) in [6.45, 7) is -0.0876. The molecule has 3 heterocycles. The van der Waals surface area contributed by atoms with Crippen LogP contribution in [0, 0.1) is 23.1 Å². The van der Waals surface area contributed by atoms with Crippen LogP contribution in [-0.4, -0.2) is 41.2 Å². The fourth-order valence-corrected chi connectivity index (χ4v) is 4.74. The third kappa shape index (κ3) is 3.62. The zero-order valence-electron chi connectivity index (χ0n) is 15.6. The first-order valence-electron chi connectivity index (χ1n) is 9.10. The van der Waals surface area contributed by atoms with Crippen LogP contribution >= 0.6 is 11.8 Å². The number of aliphatic imine (C=N–C) groups is 1. The Labute approximate surface area is 175 Å². The van der Waals surface area contributed by atoms with Crippen LogP contribution in [0.2, 0.25) is 0 Å². The second kappa shape index (κ2) is 8.01. The molecule has 0 saturated carbocycles. The summed E-state index contributed by atoms with van der Waals surface area (Å²) >= 11 is 1.23. The molecule has 30 heavy (non-hydrogen) atoms. The predicted octanol–water partition coefficient (Wildman–Crippen LogP) is 2.59. The van der Waals surface area contributed by atoms with Crippen LogP contribution in [-0.2, 0) is 10.3 Å². The monoisotopic (exact) mass is 429 g/mol. The van der Waals surface area contributed by atoms with Crippen molar-refractivity contribution in [2.45, 2.75) is 11.7 Å². The number of hydrogen-bond acceptors (Lipinski definition) is 7. The van der Waals surface area contributed by atoms with Crippen LogP contribution in [0.4, 0.5) is 14.5 Å². The summed E-state index contributed by atoms with van der Waals surface area (Å²) in [6.07, 6.45) is -0.0319. The van der Waals surface area contributed by atoms with Gasteiger partial charge in [-0.05, 0) is 30.3 Å². The Morgan fingerprint density at radius 1 is 1.40 bits per heavy atom. The zero-order chi connectivity index (χ0) is 21.3. The van der Waals surface area contributed by atoms with Crippen LogP contribution < -0.4 is 11.1 Å². The van der Waals surface area contributed by atoms with Gasteiger partial charge in [-0.15, -0.1) is 0 Å². The molecule has 10 heteroatoms. The van der Waals surface area contributed by atoms with Crippen molar-refractivity contribution < 1.29 is 18.3 Å². The molecule has 1 amide bonds. The number of hydrogen-bond donors (Lipinski definition) is 2. The number of rotatable bonds is 3. The molecule has 1 saturated heterocycles.